The largest absolute Gasteiger partial charge is 0.416 e. The third kappa shape index (κ3) is 5.88. The number of amides is 1. The fourth-order valence-electron chi connectivity index (χ4n) is 2.49. The zero-order chi connectivity index (χ0) is 21.8. The number of aromatic nitrogens is 1. The van der Waals surface area contributed by atoms with Crippen LogP contribution in [0.2, 0.25) is 0 Å². The van der Waals surface area contributed by atoms with Crippen molar-refractivity contribution in [3.8, 4) is 0 Å². The third-order valence-corrected chi connectivity index (χ3v) is 6.23. The van der Waals surface area contributed by atoms with E-state index in [1.807, 2.05) is 35.1 Å². The quantitative estimate of drug-likeness (QED) is 0.569. The molecular formula is C19H16F3N3O3S2. The van der Waals surface area contributed by atoms with Crippen LogP contribution in [-0.2, 0) is 27.4 Å². The summed E-state index contributed by atoms with van der Waals surface area (Å²) in [5, 5.41) is 2.76. The van der Waals surface area contributed by atoms with E-state index >= 15 is 0 Å². The Kier molecular flexibility index (Phi) is 6.54. The van der Waals surface area contributed by atoms with Gasteiger partial charge in [-0.05, 0) is 23.8 Å². The van der Waals surface area contributed by atoms with Crippen molar-refractivity contribution < 1.29 is 26.4 Å². The molecule has 1 amide bonds. The molecule has 11 heteroatoms. The minimum atomic E-state index is -4.68. The van der Waals surface area contributed by atoms with Crippen LogP contribution in [0.4, 0.5) is 18.3 Å². The molecule has 30 heavy (non-hydrogen) atoms. The molecule has 0 aliphatic carbocycles. The van der Waals surface area contributed by atoms with Gasteiger partial charge in [0.2, 0.25) is 15.9 Å². The van der Waals surface area contributed by atoms with Crippen molar-refractivity contribution in [1.82, 2.24) is 9.71 Å². The maximum atomic E-state index is 12.8. The molecular weight excluding hydrogens is 439 g/mol. The zero-order valence-corrected chi connectivity index (χ0v) is 16.9. The lowest BCUT2D eigenvalue weighted by Gasteiger charge is -2.10. The van der Waals surface area contributed by atoms with Crippen molar-refractivity contribution in [1.29, 1.82) is 0 Å². The second-order valence-corrected chi connectivity index (χ2v) is 9.07. The number of carbonyl (C=O) groups is 1. The second-order valence-electron chi connectivity index (χ2n) is 6.19. The molecule has 1 heterocycles. The van der Waals surface area contributed by atoms with Crippen LogP contribution in [0.3, 0.4) is 0 Å². The standard InChI is InChI=1S/C19H16F3N3O3S2/c20-19(21,22)14-7-4-8-16(10-14)30(27,28)24-12-17(26)25-18-23-11-15(29-18)9-13-5-2-1-3-6-13/h1-8,10-11,24H,9,12H2,(H,23,25,26). The van der Waals surface area contributed by atoms with Crippen LogP contribution in [0, 0.1) is 0 Å². The van der Waals surface area contributed by atoms with Crippen molar-refractivity contribution in [2.45, 2.75) is 17.5 Å². The predicted octanol–water partition coefficient (Wildman–Crippen LogP) is 3.67. The summed E-state index contributed by atoms with van der Waals surface area (Å²) >= 11 is 1.25. The minimum absolute atomic E-state index is 0.296. The maximum Gasteiger partial charge on any atom is 0.416 e. The third-order valence-electron chi connectivity index (χ3n) is 3.92. The molecule has 158 valence electrons. The van der Waals surface area contributed by atoms with E-state index in [0.29, 0.717) is 17.6 Å². The normalized spacial score (nSPS) is 12.0. The van der Waals surface area contributed by atoms with Gasteiger partial charge < -0.3 is 5.32 Å². The first-order valence-electron chi connectivity index (χ1n) is 8.59. The molecule has 0 saturated heterocycles. The Bertz CT molecular complexity index is 1130. The molecule has 0 radical (unpaired) electrons. The summed E-state index contributed by atoms with van der Waals surface area (Å²) in [4.78, 5) is 16.4. The first-order chi connectivity index (χ1) is 14.1. The van der Waals surface area contributed by atoms with E-state index in [0.717, 1.165) is 28.6 Å². The van der Waals surface area contributed by atoms with Gasteiger partial charge in [0.05, 0.1) is 17.0 Å². The molecule has 3 rings (SSSR count). The number of hydrogen-bond donors (Lipinski definition) is 2. The van der Waals surface area contributed by atoms with Crippen LogP contribution in [-0.4, -0.2) is 25.9 Å². The summed E-state index contributed by atoms with van der Waals surface area (Å²) in [7, 11) is -4.29. The smallest absolute Gasteiger partial charge is 0.301 e. The topological polar surface area (TPSA) is 88.2 Å². The number of halogens is 3. The highest BCUT2D eigenvalue weighted by Crippen LogP contribution is 2.30. The second kappa shape index (κ2) is 8.94. The molecule has 2 N–H and O–H groups in total. The van der Waals surface area contributed by atoms with E-state index in [2.05, 4.69) is 10.3 Å². The highest BCUT2D eigenvalue weighted by molar-refractivity contribution is 7.89. The lowest BCUT2D eigenvalue weighted by atomic mass is 10.1. The number of alkyl halides is 3. The van der Waals surface area contributed by atoms with Gasteiger partial charge in [0.15, 0.2) is 5.13 Å². The molecule has 1 aromatic heterocycles. The molecule has 0 spiro atoms. The lowest BCUT2D eigenvalue weighted by molar-refractivity contribution is -0.137. The summed E-state index contributed by atoms with van der Waals surface area (Å²) in [6.07, 6.45) is -2.43. The van der Waals surface area contributed by atoms with Crippen LogP contribution in [0.1, 0.15) is 16.0 Å². The minimum Gasteiger partial charge on any atom is -0.301 e. The molecule has 0 aliphatic rings. The van der Waals surface area contributed by atoms with Crippen molar-refractivity contribution in [2.24, 2.45) is 0 Å². The SMILES string of the molecule is O=C(CNS(=O)(=O)c1cccc(C(F)(F)F)c1)Nc1ncc(Cc2ccccc2)s1. The van der Waals surface area contributed by atoms with Gasteiger partial charge >= 0.3 is 6.18 Å². The maximum absolute atomic E-state index is 12.8. The number of nitrogens with one attached hydrogen (secondary N) is 2. The van der Waals surface area contributed by atoms with Crippen molar-refractivity contribution >= 4 is 32.4 Å². The molecule has 0 aliphatic heterocycles. The summed E-state index contributed by atoms with van der Waals surface area (Å²) in [6, 6.07) is 12.9. The van der Waals surface area contributed by atoms with Crippen LogP contribution < -0.4 is 10.0 Å². The molecule has 0 fully saturated rings. The summed E-state index contributed by atoms with van der Waals surface area (Å²) in [5.41, 5.74) is -0.0172. The van der Waals surface area contributed by atoms with Crippen LogP contribution >= 0.6 is 11.3 Å². The highest BCUT2D eigenvalue weighted by Gasteiger charge is 2.31. The number of nitrogens with zero attached hydrogens (tertiary/aromatic N) is 1. The van der Waals surface area contributed by atoms with Crippen LogP contribution in [0.5, 0.6) is 0 Å². The highest BCUT2D eigenvalue weighted by atomic mass is 32.2. The predicted molar refractivity (Wildman–Crippen MR) is 107 cm³/mol. The molecule has 0 bridgehead atoms. The Morgan fingerprint density at radius 1 is 1.07 bits per heavy atom. The van der Waals surface area contributed by atoms with Gasteiger partial charge in [-0.3, -0.25) is 4.79 Å². The molecule has 0 saturated carbocycles. The average Bonchev–Trinajstić information content (AvgIpc) is 3.13. The number of benzene rings is 2. The Morgan fingerprint density at radius 2 is 1.80 bits per heavy atom. The Balaban J connectivity index is 1.58. The molecule has 0 atom stereocenters. The average molecular weight is 455 g/mol. The number of sulfonamides is 1. The Morgan fingerprint density at radius 3 is 2.50 bits per heavy atom. The summed E-state index contributed by atoms with van der Waals surface area (Å²) < 4.78 is 64.7. The van der Waals surface area contributed by atoms with Gasteiger partial charge in [0.1, 0.15) is 0 Å². The summed E-state index contributed by atoms with van der Waals surface area (Å²) in [6.45, 7) is -0.647. The van der Waals surface area contributed by atoms with Crippen LogP contribution in [0.25, 0.3) is 0 Å². The van der Waals surface area contributed by atoms with Gasteiger partial charge in [0.25, 0.3) is 0 Å². The first-order valence-corrected chi connectivity index (χ1v) is 10.9. The van der Waals surface area contributed by atoms with E-state index in [1.54, 1.807) is 6.20 Å². The molecule has 0 unspecified atom stereocenters. The van der Waals surface area contributed by atoms with Crippen molar-refractivity contribution in [2.75, 3.05) is 11.9 Å². The first kappa shape index (κ1) is 21.9. The number of thiazole rings is 1. The number of anilines is 1. The van der Waals surface area contributed by atoms with Crippen molar-refractivity contribution in [3.63, 3.8) is 0 Å². The van der Waals surface area contributed by atoms with Gasteiger partial charge in [-0.15, -0.1) is 11.3 Å². The monoisotopic (exact) mass is 455 g/mol. The molecule has 2 aromatic carbocycles. The Hall–Kier alpha value is -2.76. The van der Waals surface area contributed by atoms with E-state index in [4.69, 9.17) is 0 Å². The molecule has 3 aromatic rings. The number of rotatable bonds is 7. The van der Waals surface area contributed by atoms with Crippen molar-refractivity contribution in [3.05, 3.63) is 76.8 Å². The van der Waals surface area contributed by atoms with Crippen LogP contribution in [0.15, 0.2) is 65.7 Å². The summed E-state index contributed by atoms with van der Waals surface area (Å²) in [5.74, 6) is -0.689. The van der Waals surface area contributed by atoms with E-state index in [-0.39, 0.29) is 0 Å². The fourth-order valence-corrected chi connectivity index (χ4v) is 4.38. The number of carbonyl (C=O) groups excluding carboxylic acids is 1. The molecule has 6 nitrogen and oxygen atoms in total. The van der Waals surface area contributed by atoms with Gasteiger partial charge in [-0.2, -0.15) is 13.2 Å². The zero-order valence-electron chi connectivity index (χ0n) is 15.3. The fraction of sp³-hybridized carbons (Fsp3) is 0.158. The van der Waals surface area contributed by atoms with E-state index < -0.39 is 39.1 Å². The van der Waals surface area contributed by atoms with E-state index in [9.17, 15) is 26.4 Å². The number of hydrogen-bond acceptors (Lipinski definition) is 5. The van der Waals surface area contributed by atoms with Gasteiger partial charge in [-0.1, -0.05) is 36.4 Å². The van der Waals surface area contributed by atoms with Gasteiger partial charge in [0, 0.05) is 17.5 Å². The van der Waals surface area contributed by atoms with E-state index in [1.165, 1.54) is 11.3 Å². The lowest BCUT2D eigenvalue weighted by Crippen LogP contribution is -2.33. The van der Waals surface area contributed by atoms with Gasteiger partial charge in [-0.25, -0.2) is 18.1 Å². The Labute approximate surface area is 174 Å².